The molecule has 0 aliphatic carbocycles. The molecule has 0 atom stereocenters. The van der Waals surface area contributed by atoms with Crippen LogP contribution in [0.2, 0.25) is 0 Å². The Labute approximate surface area is 113 Å². The predicted octanol–water partition coefficient (Wildman–Crippen LogP) is 1.85. The maximum Gasteiger partial charge on any atom is 0.255 e. The number of rotatable bonds is 1. The van der Waals surface area contributed by atoms with Crippen molar-refractivity contribution in [3.05, 3.63) is 50.3 Å². The minimum atomic E-state index is -0.0436. The van der Waals surface area contributed by atoms with Gasteiger partial charge in [-0.1, -0.05) is 34.1 Å². The van der Waals surface area contributed by atoms with Crippen molar-refractivity contribution < 1.29 is 0 Å². The van der Waals surface area contributed by atoms with Gasteiger partial charge in [-0.15, -0.1) is 0 Å². The molecule has 0 saturated carbocycles. The van der Waals surface area contributed by atoms with E-state index in [1.54, 1.807) is 0 Å². The number of benzene rings is 1. The number of halogens is 1. The summed E-state index contributed by atoms with van der Waals surface area (Å²) >= 11 is 3.48. The molecule has 0 saturated heterocycles. The van der Waals surface area contributed by atoms with Crippen LogP contribution in [0.1, 0.15) is 11.3 Å². The number of fused-ring (bicyclic) bond motifs is 1. The van der Waals surface area contributed by atoms with Crippen LogP contribution in [0.15, 0.2) is 33.5 Å². The van der Waals surface area contributed by atoms with Crippen molar-refractivity contribution >= 4 is 15.9 Å². The fourth-order valence-corrected chi connectivity index (χ4v) is 2.61. The van der Waals surface area contributed by atoms with Gasteiger partial charge in [-0.2, -0.15) is 0 Å². The molecule has 0 unspecified atom stereocenters. The van der Waals surface area contributed by atoms with E-state index in [0.29, 0.717) is 12.4 Å². The van der Waals surface area contributed by atoms with E-state index in [1.807, 2.05) is 24.3 Å². The second kappa shape index (κ2) is 4.66. The molecule has 1 aromatic carbocycles. The van der Waals surface area contributed by atoms with Gasteiger partial charge in [0.15, 0.2) is 0 Å². The normalized spacial score (nSPS) is 14.3. The van der Waals surface area contributed by atoms with E-state index in [-0.39, 0.29) is 5.56 Å². The average Bonchev–Trinajstić information content (AvgIpc) is 2.39. The molecule has 18 heavy (non-hydrogen) atoms. The number of H-pyrrole nitrogens is 1. The molecule has 92 valence electrons. The minimum absolute atomic E-state index is 0.0436. The topological polar surface area (TPSA) is 57.8 Å². The highest BCUT2D eigenvalue weighted by Crippen LogP contribution is 2.25. The van der Waals surface area contributed by atoms with Crippen LogP contribution in [0.25, 0.3) is 11.4 Å². The monoisotopic (exact) mass is 305 g/mol. The minimum Gasteiger partial charge on any atom is -0.312 e. The van der Waals surface area contributed by atoms with Gasteiger partial charge < -0.3 is 10.3 Å². The summed E-state index contributed by atoms with van der Waals surface area (Å²) in [4.78, 5) is 19.5. The van der Waals surface area contributed by atoms with Crippen LogP contribution < -0.4 is 10.9 Å². The van der Waals surface area contributed by atoms with E-state index in [9.17, 15) is 4.79 Å². The zero-order chi connectivity index (χ0) is 12.5. The predicted molar refractivity (Wildman–Crippen MR) is 73.4 cm³/mol. The van der Waals surface area contributed by atoms with Crippen LogP contribution in [0.4, 0.5) is 0 Å². The lowest BCUT2D eigenvalue weighted by Crippen LogP contribution is -2.31. The third-order valence-electron chi connectivity index (χ3n) is 3.07. The van der Waals surface area contributed by atoms with Crippen LogP contribution in [-0.4, -0.2) is 16.5 Å². The first kappa shape index (κ1) is 11.6. The van der Waals surface area contributed by atoms with Crippen LogP contribution in [0.5, 0.6) is 0 Å². The summed E-state index contributed by atoms with van der Waals surface area (Å²) in [5.74, 6) is 0.633. The van der Waals surface area contributed by atoms with Crippen LogP contribution in [-0.2, 0) is 13.0 Å². The van der Waals surface area contributed by atoms with Crippen molar-refractivity contribution in [2.75, 3.05) is 6.54 Å². The first-order valence-corrected chi connectivity index (χ1v) is 6.62. The largest absolute Gasteiger partial charge is 0.312 e. The molecule has 2 heterocycles. The van der Waals surface area contributed by atoms with E-state index >= 15 is 0 Å². The molecule has 0 amide bonds. The van der Waals surface area contributed by atoms with Gasteiger partial charge in [-0.05, 0) is 6.07 Å². The molecule has 5 heteroatoms. The molecule has 0 spiro atoms. The Morgan fingerprint density at radius 2 is 2.11 bits per heavy atom. The average molecular weight is 306 g/mol. The first-order valence-electron chi connectivity index (χ1n) is 5.83. The second-order valence-electron chi connectivity index (χ2n) is 4.25. The zero-order valence-corrected chi connectivity index (χ0v) is 11.3. The van der Waals surface area contributed by atoms with Gasteiger partial charge in [-0.25, -0.2) is 4.98 Å². The molecular formula is C13H12BrN3O. The molecule has 3 rings (SSSR count). The fraction of sp³-hybridized carbons (Fsp3) is 0.231. The van der Waals surface area contributed by atoms with Gasteiger partial charge in [0.05, 0.1) is 11.3 Å². The van der Waals surface area contributed by atoms with Crippen molar-refractivity contribution in [3.63, 3.8) is 0 Å². The summed E-state index contributed by atoms with van der Waals surface area (Å²) in [5, 5.41) is 3.18. The Morgan fingerprint density at radius 1 is 1.28 bits per heavy atom. The standard InChI is InChI=1S/C13H12BrN3O/c14-10-4-2-1-3-8(10)12-16-11-5-6-15-7-9(11)13(18)17-12/h1-4,15H,5-7H2,(H,16,17,18). The van der Waals surface area contributed by atoms with Crippen LogP contribution in [0, 0.1) is 0 Å². The molecule has 1 aliphatic heterocycles. The lowest BCUT2D eigenvalue weighted by molar-refractivity contribution is 0.621. The summed E-state index contributed by atoms with van der Waals surface area (Å²) in [6.45, 7) is 1.48. The van der Waals surface area contributed by atoms with Gasteiger partial charge >= 0.3 is 0 Å². The Balaban J connectivity index is 2.17. The van der Waals surface area contributed by atoms with Crippen molar-refractivity contribution in [2.45, 2.75) is 13.0 Å². The summed E-state index contributed by atoms with van der Waals surface area (Å²) in [5.41, 5.74) is 2.54. The SMILES string of the molecule is O=c1[nH]c(-c2ccccc2Br)nc2c1CNCC2. The molecule has 4 nitrogen and oxygen atoms in total. The highest BCUT2D eigenvalue weighted by Gasteiger charge is 2.16. The van der Waals surface area contributed by atoms with Gasteiger partial charge in [0.25, 0.3) is 5.56 Å². The highest BCUT2D eigenvalue weighted by molar-refractivity contribution is 9.10. The van der Waals surface area contributed by atoms with Gasteiger partial charge in [-0.3, -0.25) is 4.79 Å². The van der Waals surface area contributed by atoms with Crippen LogP contribution in [0.3, 0.4) is 0 Å². The summed E-state index contributed by atoms with van der Waals surface area (Å²) in [6.07, 6.45) is 0.802. The molecule has 0 radical (unpaired) electrons. The number of aromatic nitrogens is 2. The Bertz CT molecular complexity index is 651. The zero-order valence-electron chi connectivity index (χ0n) is 9.66. The maximum absolute atomic E-state index is 12.0. The molecular weight excluding hydrogens is 294 g/mol. The smallest absolute Gasteiger partial charge is 0.255 e. The molecule has 0 fully saturated rings. The van der Waals surface area contributed by atoms with Gasteiger partial charge in [0, 0.05) is 29.5 Å². The summed E-state index contributed by atoms with van der Waals surface area (Å²) < 4.78 is 0.932. The molecule has 2 N–H and O–H groups in total. The van der Waals surface area contributed by atoms with Crippen molar-refractivity contribution in [2.24, 2.45) is 0 Å². The fourth-order valence-electron chi connectivity index (χ4n) is 2.13. The second-order valence-corrected chi connectivity index (χ2v) is 5.10. The number of nitrogens with zero attached hydrogens (tertiary/aromatic N) is 1. The third-order valence-corrected chi connectivity index (χ3v) is 3.76. The molecule has 0 bridgehead atoms. The third kappa shape index (κ3) is 2.00. The van der Waals surface area contributed by atoms with E-state index in [0.717, 1.165) is 34.3 Å². The number of hydrogen-bond donors (Lipinski definition) is 2. The van der Waals surface area contributed by atoms with E-state index < -0.39 is 0 Å². The Kier molecular flexibility index (Phi) is 3.01. The quantitative estimate of drug-likeness (QED) is 0.845. The molecule has 2 aromatic rings. The first-order chi connectivity index (χ1) is 8.75. The summed E-state index contributed by atoms with van der Waals surface area (Å²) in [7, 11) is 0. The Morgan fingerprint density at radius 3 is 2.94 bits per heavy atom. The van der Waals surface area contributed by atoms with E-state index in [4.69, 9.17) is 0 Å². The van der Waals surface area contributed by atoms with Gasteiger partial charge in [0.1, 0.15) is 5.82 Å². The molecule has 1 aromatic heterocycles. The number of hydrogen-bond acceptors (Lipinski definition) is 3. The Hall–Kier alpha value is -1.46. The molecule has 1 aliphatic rings. The summed E-state index contributed by atoms with van der Waals surface area (Å²) in [6, 6.07) is 7.75. The van der Waals surface area contributed by atoms with Crippen molar-refractivity contribution in [1.82, 2.24) is 15.3 Å². The van der Waals surface area contributed by atoms with E-state index in [1.165, 1.54) is 0 Å². The maximum atomic E-state index is 12.0. The number of nitrogens with one attached hydrogen (secondary N) is 2. The lowest BCUT2D eigenvalue weighted by atomic mass is 10.1. The van der Waals surface area contributed by atoms with Crippen molar-refractivity contribution in [3.8, 4) is 11.4 Å². The van der Waals surface area contributed by atoms with Crippen molar-refractivity contribution in [1.29, 1.82) is 0 Å². The van der Waals surface area contributed by atoms with Gasteiger partial charge in [0.2, 0.25) is 0 Å². The number of aromatic amines is 1. The van der Waals surface area contributed by atoms with E-state index in [2.05, 4.69) is 31.2 Å². The van der Waals surface area contributed by atoms with Crippen LogP contribution >= 0.6 is 15.9 Å². The highest BCUT2D eigenvalue weighted by atomic mass is 79.9. The lowest BCUT2D eigenvalue weighted by Gasteiger charge is -2.16.